The summed E-state index contributed by atoms with van der Waals surface area (Å²) in [6.45, 7) is -1.01. The Labute approximate surface area is 236 Å². The topological polar surface area (TPSA) is 129 Å². The number of anilines is 1. The minimum absolute atomic E-state index is 0.0303. The maximum atomic E-state index is 13.4. The third-order valence-electron chi connectivity index (χ3n) is 6.79. The molecule has 4 rings (SSSR count). The molecule has 2 amide bonds. The molecular weight excluding hydrogens is 598 g/mol. The van der Waals surface area contributed by atoms with Crippen molar-refractivity contribution in [1.29, 1.82) is 0 Å². The number of rotatable bonds is 11. The molecule has 1 aromatic carbocycles. The first-order valence-corrected chi connectivity index (χ1v) is 14.9. The molecule has 42 heavy (non-hydrogen) atoms. The lowest BCUT2D eigenvalue weighted by Crippen LogP contribution is -2.49. The van der Waals surface area contributed by atoms with Crippen molar-refractivity contribution in [2.45, 2.75) is 63.1 Å². The van der Waals surface area contributed by atoms with Crippen molar-refractivity contribution in [3.8, 4) is 5.75 Å². The highest BCUT2D eigenvalue weighted by Crippen LogP contribution is 2.44. The molecule has 10 nitrogen and oxygen atoms in total. The molecule has 2 aliphatic rings. The van der Waals surface area contributed by atoms with Gasteiger partial charge >= 0.3 is 12.5 Å². The zero-order chi connectivity index (χ0) is 30.9. The van der Waals surface area contributed by atoms with Crippen LogP contribution < -0.4 is 15.4 Å². The summed E-state index contributed by atoms with van der Waals surface area (Å²) in [4.78, 5) is 25.8. The molecule has 232 valence electrons. The standard InChI is InChI=1S/C25H28F6N4O6S/c1-42(38,39)14-19(36)32-21-20-18(34-35(21)9-3-11-41-25(29,30)31)13-23(33-22(20)37)8-6-15-12-16(4-5-17(15)23)40-10-2-7-24(26,27)28/h4-5,12H,2-3,6-11,13-14H2,1H3,(H,32,36)(H,33,37)/t23-/m1/s1. The summed E-state index contributed by atoms with van der Waals surface area (Å²) in [5.41, 5.74) is 0.890. The maximum Gasteiger partial charge on any atom is 0.522 e. The predicted molar refractivity (Wildman–Crippen MR) is 136 cm³/mol. The second-order valence-electron chi connectivity index (χ2n) is 10.3. The van der Waals surface area contributed by atoms with E-state index in [2.05, 4.69) is 20.5 Å². The van der Waals surface area contributed by atoms with Gasteiger partial charge in [0.05, 0.1) is 24.4 Å². The van der Waals surface area contributed by atoms with Gasteiger partial charge < -0.3 is 15.4 Å². The molecular formula is C25H28F6N4O6S. The van der Waals surface area contributed by atoms with Gasteiger partial charge in [-0.3, -0.25) is 14.3 Å². The number of carbonyl (C=O) groups is 2. The number of nitrogens with one attached hydrogen (secondary N) is 2. The number of fused-ring (bicyclic) bond motifs is 3. The molecule has 2 N–H and O–H groups in total. The van der Waals surface area contributed by atoms with Gasteiger partial charge in [-0.2, -0.15) is 18.3 Å². The van der Waals surface area contributed by atoms with Crippen molar-refractivity contribution in [3.63, 3.8) is 0 Å². The first kappa shape index (κ1) is 31.6. The minimum Gasteiger partial charge on any atom is -0.494 e. The van der Waals surface area contributed by atoms with Crippen LogP contribution in [0.15, 0.2) is 18.2 Å². The molecule has 2 aromatic rings. The van der Waals surface area contributed by atoms with Gasteiger partial charge in [0.1, 0.15) is 22.9 Å². The van der Waals surface area contributed by atoms with Crippen molar-refractivity contribution in [2.24, 2.45) is 0 Å². The van der Waals surface area contributed by atoms with Crippen molar-refractivity contribution in [3.05, 3.63) is 40.6 Å². The molecule has 0 bridgehead atoms. The largest absolute Gasteiger partial charge is 0.522 e. The first-order chi connectivity index (χ1) is 19.4. The fraction of sp³-hybridized carbons (Fsp3) is 0.560. The monoisotopic (exact) mass is 626 g/mol. The molecule has 1 atom stereocenters. The Balaban J connectivity index is 1.56. The molecule has 1 aliphatic carbocycles. The summed E-state index contributed by atoms with van der Waals surface area (Å²) in [5, 5.41) is 9.73. The number of amides is 2. The van der Waals surface area contributed by atoms with Crippen LogP contribution >= 0.6 is 0 Å². The number of nitrogens with zero attached hydrogens (tertiary/aromatic N) is 2. The number of carbonyl (C=O) groups excluding carboxylic acids is 2. The lowest BCUT2D eigenvalue weighted by Gasteiger charge is -2.35. The van der Waals surface area contributed by atoms with Crippen LogP contribution in [0.25, 0.3) is 0 Å². The number of halogens is 6. The second kappa shape index (κ2) is 11.7. The quantitative estimate of drug-likeness (QED) is 0.288. The Morgan fingerprint density at radius 2 is 1.90 bits per heavy atom. The lowest BCUT2D eigenvalue weighted by molar-refractivity contribution is -0.324. The molecule has 2 heterocycles. The molecule has 1 aromatic heterocycles. The number of aromatic nitrogens is 2. The average molecular weight is 627 g/mol. The minimum atomic E-state index is -4.84. The van der Waals surface area contributed by atoms with Crippen LogP contribution in [0.3, 0.4) is 0 Å². The SMILES string of the molecule is CS(=O)(=O)CC(=O)Nc1c2c(nn1CCCOC(F)(F)F)C[C@@]1(CCc3cc(OCCCC(F)(F)F)ccc31)NC2=O. The Morgan fingerprint density at radius 1 is 1.17 bits per heavy atom. The van der Waals surface area contributed by atoms with Crippen LogP contribution in [0.2, 0.25) is 0 Å². The number of alkyl halides is 6. The number of hydrogen-bond acceptors (Lipinski definition) is 7. The van der Waals surface area contributed by atoms with Gasteiger partial charge in [-0.05, 0) is 48.9 Å². The van der Waals surface area contributed by atoms with Gasteiger partial charge in [-0.15, -0.1) is 13.2 Å². The molecule has 0 unspecified atom stereocenters. The van der Waals surface area contributed by atoms with Gasteiger partial charge in [0, 0.05) is 25.6 Å². The number of hydrogen-bond donors (Lipinski definition) is 2. The van der Waals surface area contributed by atoms with E-state index < -0.39 is 58.5 Å². The molecule has 0 saturated heterocycles. The third kappa shape index (κ3) is 7.93. The smallest absolute Gasteiger partial charge is 0.494 e. The van der Waals surface area contributed by atoms with Crippen LogP contribution in [0, 0.1) is 0 Å². The molecule has 1 spiro atoms. The van der Waals surface area contributed by atoms with E-state index in [0.29, 0.717) is 18.6 Å². The van der Waals surface area contributed by atoms with E-state index >= 15 is 0 Å². The zero-order valence-electron chi connectivity index (χ0n) is 22.3. The van der Waals surface area contributed by atoms with E-state index in [1.165, 1.54) is 0 Å². The van der Waals surface area contributed by atoms with Crippen LogP contribution in [0.1, 0.15) is 52.9 Å². The fourth-order valence-electron chi connectivity index (χ4n) is 5.17. The van der Waals surface area contributed by atoms with E-state index in [9.17, 15) is 44.3 Å². The van der Waals surface area contributed by atoms with Crippen LogP contribution in [0.4, 0.5) is 32.2 Å². The van der Waals surface area contributed by atoms with Crippen LogP contribution in [0.5, 0.6) is 5.75 Å². The molecule has 0 radical (unpaired) electrons. The Morgan fingerprint density at radius 3 is 2.57 bits per heavy atom. The van der Waals surface area contributed by atoms with E-state index in [4.69, 9.17) is 4.74 Å². The number of aryl methyl sites for hydroxylation is 2. The van der Waals surface area contributed by atoms with E-state index in [-0.39, 0.29) is 49.5 Å². The Hall–Kier alpha value is -3.34. The summed E-state index contributed by atoms with van der Waals surface area (Å²) in [5.74, 6) is -2.21. The summed E-state index contributed by atoms with van der Waals surface area (Å²) in [6, 6.07) is 5.01. The lowest BCUT2D eigenvalue weighted by atomic mass is 9.82. The van der Waals surface area contributed by atoms with Crippen molar-refractivity contribution >= 4 is 27.5 Å². The predicted octanol–water partition coefficient (Wildman–Crippen LogP) is 3.64. The average Bonchev–Trinajstić information content (AvgIpc) is 3.35. The van der Waals surface area contributed by atoms with Gasteiger partial charge in [-0.25, -0.2) is 13.1 Å². The number of sulfone groups is 1. The third-order valence-corrected chi connectivity index (χ3v) is 7.58. The van der Waals surface area contributed by atoms with Gasteiger partial charge in [0.25, 0.3) is 5.91 Å². The van der Waals surface area contributed by atoms with Gasteiger partial charge in [0.15, 0.2) is 9.84 Å². The maximum absolute atomic E-state index is 13.4. The van der Waals surface area contributed by atoms with Gasteiger partial charge in [-0.1, -0.05) is 6.07 Å². The van der Waals surface area contributed by atoms with E-state index in [0.717, 1.165) is 22.1 Å². The highest BCUT2D eigenvalue weighted by Gasteiger charge is 2.46. The van der Waals surface area contributed by atoms with E-state index in [1.807, 2.05) is 0 Å². The molecule has 0 saturated carbocycles. The second-order valence-corrected chi connectivity index (χ2v) is 12.4. The first-order valence-electron chi connectivity index (χ1n) is 12.9. The number of benzene rings is 1. The highest BCUT2D eigenvalue weighted by atomic mass is 32.2. The molecule has 0 fully saturated rings. The molecule has 1 aliphatic heterocycles. The van der Waals surface area contributed by atoms with Crippen molar-refractivity contribution in [2.75, 3.05) is 30.5 Å². The summed E-state index contributed by atoms with van der Waals surface area (Å²) >= 11 is 0. The van der Waals surface area contributed by atoms with Gasteiger partial charge in [0.2, 0.25) is 5.91 Å². The highest BCUT2D eigenvalue weighted by molar-refractivity contribution is 7.91. The van der Waals surface area contributed by atoms with Crippen LogP contribution in [-0.4, -0.2) is 67.8 Å². The summed E-state index contributed by atoms with van der Waals surface area (Å²) in [7, 11) is -3.73. The molecule has 17 heteroatoms. The summed E-state index contributed by atoms with van der Waals surface area (Å²) in [6.07, 6.45) is -8.49. The fourth-order valence-corrected chi connectivity index (χ4v) is 5.72. The van der Waals surface area contributed by atoms with Crippen LogP contribution in [-0.2, 0) is 44.3 Å². The van der Waals surface area contributed by atoms with E-state index in [1.54, 1.807) is 18.2 Å². The normalized spacial score (nSPS) is 18.5. The Bertz CT molecular complexity index is 1460. The number of ether oxygens (including phenoxy) is 2. The zero-order valence-corrected chi connectivity index (χ0v) is 23.1. The van der Waals surface area contributed by atoms with Crippen molar-refractivity contribution < 1.29 is 53.8 Å². The van der Waals surface area contributed by atoms with Crippen molar-refractivity contribution in [1.82, 2.24) is 15.1 Å². The Kier molecular flexibility index (Phi) is 8.83. The summed E-state index contributed by atoms with van der Waals surface area (Å²) < 4.78 is 108.